The minimum absolute atomic E-state index is 0.0810. The third-order valence-corrected chi connectivity index (χ3v) is 17.9. The van der Waals surface area contributed by atoms with Crippen molar-refractivity contribution in [1.82, 2.24) is 19.1 Å². The van der Waals surface area contributed by atoms with Crippen LogP contribution in [-0.2, 0) is 28.7 Å². The molecule has 0 bridgehead atoms. The molecule has 0 aliphatic rings. The molecule has 0 unspecified atom stereocenters. The summed E-state index contributed by atoms with van der Waals surface area (Å²) in [6.45, 7) is 27.0. The Morgan fingerprint density at radius 3 is 1.47 bits per heavy atom. The molecule has 88 heavy (non-hydrogen) atoms. The van der Waals surface area contributed by atoms with Crippen LogP contribution in [0, 0.1) is 0 Å². The molecule has 0 saturated carbocycles. The summed E-state index contributed by atoms with van der Waals surface area (Å²) in [5, 5.41) is 15.0. The maximum Gasteiger partial charge on any atom is 0.144 e. The first kappa shape index (κ1) is 57.5. The molecule has 3 aromatic heterocycles. The van der Waals surface area contributed by atoms with E-state index >= 15 is 0 Å². The van der Waals surface area contributed by atoms with Crippen molar-refractivity contribution in [3.63, 3.8) is 0 Å². The van der Waals surface area contributed by atoms with Gasteiger partial charge in [0.25, 0.3) is 0 Å². The van der Waals surface area contributed by atoms with Crippen molar-refractivity contribution in [3.8, 4) is 101 Å². The highest BCUT2D eigenvalue weighted by Crippen LogP contribution is 2.48. The number of aryl methyl sites for hydroxylation is 1. The molecule has 5 nitrogen and oxygen atoms in total. The Morgan fingerprint density at radius 2 is 0.875 bits per heavy atom. The monoisotopic (exact) mass is 1150 g/mol. The number of aromatic hydroxyl groups is 1. The summed E-state index contributed by atoms with van der Waals surface area (Å²) < 4.78 is 4.61. The molecule has 13 rings (SSSR count). The lowest BCUT2D eigenvalue weighted by atomic mass is 9.79. The Bertz CT molecular complexity index is 4820. The van der Waals surface area contributed by atoms with E-state index in [1.807, 2.05) is 6.20 Å². The Labute approximate surface area is 519 Å². The molecule has 13 aromatic rings. The van der Waals surface area contributed by atoms with Crippen LogP contribution in [-0.4, -0.2) is 24.2 Å². The smallest absolute Gasteiger partial charge is 0.144 e. The van der Waals surface area contributed by atoms with Crippen molar-refractivity contribution in [1.29, 1.82) is 0 Å². The molecule has 436 valence electrons. The van der Waals surface area contributed by atoms with Crippen LogP contribution in [0.1, 0.15) is 105 Å². The van der Waals surface area contributed by atoms with E-state index in [4.69, 9.17) is 9.97 Å². The first-order chi connectivity index (χ1) is 42.0. The van der Waals surface area contributed by atoms with Crippen molar-refractivity contribution in [2.24, 2.45) is 7.05 Å². The van der Waals surface area contributed by atoms with Crippen molar-refractivity contribution >= 4 is 32.8 Å². The van der Waals surface area contributed by atoms with Gasteiger partial charge in [-0.25, -0.2) is 4.98 Å². The van der Waals surface area contributed by atoms with Gasteiger partial charge < -0.3 is 14.2 Å². The second kappa shape index (κ2) is 21.7. The highest BCUT2D eigenvalue weighted by molar-refractivity contribution is 6.14. The van der Waals surface area contributed by atoms with Gasteiger partial charge in [0.2, 0.25) is 0 Å². The summed E-state index contributed by atoms with van der Waals surface area (Å²) in [6, 6.07) is 82.2. The van der Waals surface area contributed by atoms with E-state index in [0.29, 0.717) is 11.4 Å². The Morgan fingerprint density at radius 1 is 0.352 bits per heavy atom. The minimum Gasteiger partial charge on any atom is -0.507 e. The van der Waals surface area contributed by atoms with Gasteiger partial charge in [-0.3, -0.25) is 4.98 Å². The Kier molecular flexibility index (Phi) is 14.2. The summed E-state index contributed by atoms with van der Waals surface area (Å²) >= 11 is 0. The van der Waals surface area contributed by atoms with Crippen molar-refractivity contribution in [2.45, 2.75) is 105 Å². The number of nitrogens with zero attached hydrogens (tertiary/aromatic N) is 4. The van der Waals surface area contributed by atoms with Crippen LogP contribution in [0.5, 0.6) is 5.75 Å². The van der Waals surface area contributed by atoms with Crippen LogP contribution in [0.3, 0.4) is 0 Å². The van der Waals surface area contributed by atoms with Crippen LogP contribution in [0.4, 0.5) is 0 Å². The zero-order valence-corrected chi connectivity index (χ0v) is 53.2. The lowest BCUT2D eigenvalue weighted by molar-refractivity contribution is 0.446. The first-order valence-corrected chi connectivity index (χ1v) is 31.0. The quantitative estimate of drug-likeness (QED) is 0.157. The molecule has 0 fully saturated rings. The molecule has 0 amide bonds. The number of phenols is 1. The molecule has 0 aliphatic carbocycles. The van der Waals surface area contributed by atoms with Crippen LogP contribution in [0.25, 0.3) is 128 Å². The topological polar surface area (TPSA) is 55.9 Å². The zero-order valence-electron chi connectivity index (χ0n) is 53.2. The number of hydrogen-bond acceptors (Lipinski definition) is 3. The van der Waals surface area contributed by atoms with E-state index in [0.717, 1.165) is 117 Å². The van der Waals surface area contributed by atoms with Crippen LogP contribution >= 0.6 is 0 Å². The molecule has 0 spiro atoms. The summed E-state index contributed by atoms with van der Waals surface area (Å²) in [5.74, 6) is 0.956. The third-order valence-electron chi connectivity index (χ3n) is 17.9. The van der Waals surface area contributed by atoms with Gasteiger partial charge in [-0.05, 0) is 161 Å². The van der Waals surface area contributed by atoms with Crippen LogP contribution in [0.15, 0.2) is 231 Å². The van der Waals surface area contributed by atoms with E-state index in [1.54, 1.807) is 0 Å². The number of benzene rings is 10. The zero-order chi connectivity index (χ0) is 61.6. The lowest BCUT2D eigenvalue weighted by Gasteiger charge is -2.27. The molecule has 10 aromatic carbocycles. The van der Waals surface area contributed by atoms with Crippen molar-refractivity contribution < 1.29 is 5.11 Å². The van der Waals surface area contributed by atoms with E-state index in [1.165, 1.54) is 21.9 Å². The summed E-state index contributed by atoms with van der Waals surface area (Å²) in [7, 11) is 2.11. The number of rotatable bonds is 9. The standard InChI is InChI=1S/C83H78N4O/c1-80(2,3)59-36-38-63(68(48-59)52-26-17-14-18-27-52)55-42-56(44-58(43-55)73-46-54(40-41-84-73)65-33-25-34-67-66-32-23-24-35-74(66)87(77(65)67)62-30-21-16-22-31-62)70-45-57(64-39-37-60(81(4,5)6)49-69(64)53-28-19-15-20-29-53)47-75-76(70)85-79(86(75)13)71-50-61(82(7,8)9)51-72(78(71)88)83(10,11)12/h14-51,88H,1-13H3. The molecular weight excluding hydrogens is 1070 g/mol. The lowest BCUT2D eigenvalue weighted by Crippen LogP contribution is -2.17. The third kappa shape index (κ3) is 10.5. The van der Waals surface area contributed by atoms with Crippen molar-refractivity contribution in [3.05, 3.63) is 253 Å². The van der Waals surface area contributed by atoms with E-state index < -0.39 is 0 Å². The minimum atomic E-state index is -0.339. The predicted molar refractivity (Wildman–Crippen MR) is 373 cm³/mol. The predicted octanol–water partition coefficient (Wildman–Crippen LogP) is 22.3. The van der Waals surface area contributed by atoms with Gasteiger partial charge in [0.1, 0.15) is 11.6 Å². The van der Waals surface area contributed by atoms with Crippen molar-refractivity contribution in [2.75, 3.05) is 0 Å². The SMILES string of the molecule is Cn1c(-c2cc(C(C)(C)C)cc(C(C)(C)C)c2O)nc2c(-c3cc(-c4cc(-c5cccc6c7ccccc7n(-c7ccccc7)c56)ccn4)cc(-c4ccc(C(C)(C)C)cc4-c4ccccc4)c3)cc(-c3ccc(C(C)(C)C)cc3-c3ccccc3)cc21. The van der Waals surface area contributed by atoms with Crippen LogP contribution in [0.2, 0.25) is 0 Å². The average molecular weight is 1150 g/mol. The number of fused-ring (bicyclic) bond motifs is 4. The molecule has 5 heteroatoms. The second-order valence-electron chi connectivity index (χ2n) is 28.2. The van der Waals surface area contributed by atoms with Gasteiger partial charge >= 0.3 is 0 Å². The van der Waals surface area contributed by atoms with E-state index in [9.17, 15) is 5.11 Å². The fourth-order valence-corrected chi connectivity index (χ4v) is 12.9. The average Bonchev–Trinajstić information content (AvgIpc) is 2.17. The molecule has 0 aliphatic heterocycles. The van der Waals surface area contributed by atoms with Gasteiger partial charge in [0, 0.05) is 52.0 Å². The summed E-state index contributed by atoms with van der Waals surface area (Å²) in [4.78, 5) is 11.1. The second-order valence-corrected chi connectivity index (χ2v) is 28.2. The number of imidazole rings is 1. The number of hydrogen-bond donors (Lipinski definition) is 1. The highest BCUT2D eigenvalue weighted by Gasteiger charge is 2.29. The number of aromatic nitrogens is 4. The molecular formula is C83H78N4O. The molecule has 1 N–H and O–H groups in total. The first-order valence-electron chi connectivity index (χ1n) is 31.0. The largest absolute Gasteiger partial charge is 0.507 e. The van der Waals surface area contributed by atoms with Gasteiger partial charge in [0.05, 0.1) is 33.3 Å². The molecule has 3 heterocycles. The Hall–Kier alpha value is -9.58. The fourth-order valence-electron chi connectivity index (χ4n) is 12.9. The van der Waals surface area contributed by atoms with Gasteiger partial charge in [0.15, 0.2) is 0 Å². The van der Waals surface area contributed by atoms with E-state index in [-0.39, 0.29) is 27.4 Å². The van der Waals surface area contributed by atoms with Gasteiger partial charge in [-0.15, -0.1) is 0 Å². The van der Waals surface area contributed by atoms with Crippen LogP contribution < -0.4 is 0 Å². The maximum absolute atomic E-state index is 12.6. The summed E-state index contributed by atoms with van der Waals surface area (Å²) in [5.41, 5.74) is 24.7. The maximum atomic E-state index is 12.6. The van der Waals surface area contributed by atoms with Gasteiger partial charge in [-0.1, -0.05) is 241 Å². The summed E-state index contributed by atoms with van der Waals surface area (Å²) in [6.07, 6.45) is 1.97. The molecule has 0 radical (unpaired) electrons. The Balaban J connectivity index is 1.12. The van der Waals surface area contributed by atoms with Gasteiger partial charge in [-0.2, -0.15) is 0 Å². The molecule has 0 atom stereocenters. The molecule has 0 saturated heterocycles. The van der Waals surface area contributed by atoms with E-state index in [2.05, 4.69) is 324 Å². The number of phenolic OH excluding ortho intramolecular Hbond substituents is 1. The fraction of sp³-hybridized carbons (Fsp3) is 0.205. The number of pyridine rings is 1. The normalized spacial score (nSPS) is 12.4. The number of para-hydroxylation sites is 3. The highest BCUT2D eigenvalue weighted by atomic mass is 16.3.